The molecule has 5 rings (SSSR count). The van der Waals surface area contributed by atoms with E-state index in [2.05, 4.69) is 43.4 Å². The summed E-state index contributed by atoms with van der Waals surface area (Å²) in [6.07, 6.45) is 9.62. The Labute approximate surface area is 186 Å². The first-order valence-corrected chi connectivity index (χ1v) is 11.0. The highest BCUT2D eigenvalue weighted by Gasteiger charge is 2.17. The number of nitrogens with zero attached hydrogens (tertiary/aromatic N) is 4. The van der Waals surface area contributed by atoms with Gasteiger partial charge in [0.25, 0.3) is 5.91 Å². The third-order valence-corrected chi connectivity index (χ3v) is 6.13. The van der Waals surface area contributed by atoms with Gasteiger partial charge in [-0.05, 0) is 73.3 Å². The minimum atomic E-state index is -0.259. The normalized spacial score (nSPS) is 15.2. The van der Waals surface area contributed by atoms with Crippen LogP contribution in [0.4, 0.5) is 5.69 Å². The second kappa shape index (κ2) is 8.88. The molecule has 7 heteroatoms. The van der Waals surface area contributed by atoms with Crippen LogP contribution in [0.3, 0.4) is 0 Å². The number of piperidine rings is 1. The van der Waals surface area contributed by atoms with E-state index in [4.69, 9.17) is 0 Å². The molecule has 0 atom stereocenters. The Morgan fingerprint density at radius 2 is 1.88 bits per heavy atom. The van der Waals surface area contributed by atoms with E-state index < -0.39 is 0 Å². The van der Waals surface area contributed by atoms with Gasteiger partial charge in [-0.2, -0.15) is 5.10 Å². The molecule has 0 radical (unpaired) electrons. The maximum Gasteiger partial charge on any atom is 0.276 e. The average molecular weight is 427 g/mol. The zero-order valence-electron chi connectivity index (χ0n) is 18.1. The Morgan fingerprint density at radius 1 is 1.06 bits per heavy atom. The summed E-state index contributed by atoms with van der Waals surface area (Å²) < 4.78 is 0. The number of carbonyl (C=O) groups excluding carboxylic acids is 1. The Hall–Kier alpha value is -3.58. The molecule has 1 aliphatic rings. The Bertz CT molecular complexity index is 1230. The largest absolute Gasteiger partial charge is 0.320 e. The van der Waals surface area contributed by atoms with Crippen molar-refractivity contribution >= 4 is 22.5 Å². The molecule has 162 valence electrons. The fraction of sp³-hybridized carbons (Fsp3) is 0.280. The van der Waals surface area contributed by atoms with E-state index in [1.807, 2.05) is 30.6 Å². The number of benzene rings is 1. The first-order chi connectivity index (χ1) is 15.7. The number of rotatable bonds is 5. The standard InChI is InChI=1S/C25H26N6O/c1-17-6-10-31(11-7-17)16-18-12-20(15-27-14-18)19-2-3-23-22(13-19)24(30-29-23)25(32)28-21-4-8-26-9-5-21/h2-5,8-9,12-15,17H,6-7,10-11,16H2,1H3,(H,29,30)(H,26,28,32). The molecule has 0 saturated carbocycles. The molecule has 7 nitrogen and oxygen atoms in total. The predicted molar refractivity (Wildman–Crippen MR) is 125 cm³/mol. The highest BCUT2D eigenvalue weighted by molar-refractivity contribution is 6.11. The van der Waals surface area contributed by atoms with Crippen molar-refractivity contribution in [3.63, 3.8) is 0 Å². The molecule has 1 fully saturated rings. The second-order valence-electron chi connectivity index (χ2n) is 8.56. The quantitative estimate of drug-likeness (QED) is 0.491. The lowest BCUT2D eigenvalue weighted by atomic mass is 9.98. The highest BCUT2D eigenvalue weighted by atomic mass is 16.1. The van der Waals surface area contributed by atoms with Crippen molar-refractivity contribution in [2.75, 3.05) is 18.4 Å². The van der Waals surface area contributed by atoms with Crippen LogP contribution in [-0.4, -0.2) is 44.1 Å². The number of carbonyl (C=O) groups is 1. The number of aromatic amines is 1. The topological polar surface area (TPSA) is 86.8 Å². The molecule has 4 aromatic rings. The van der Waals surface area contributed by atoms with Crippen molar-refractivity contribution in [2.45, 2.75) is 26.3 Å². The lowest BCUT2D eigenvalue weighted by Crippen LogP contribution is -2.32. The lowest BCUT2D eigenvalue weighted by molar-refractivity contribution is 0.102. The summed E-state index contributed by atoms with van der Waals surface area (Å²) in [6, 6.07) is 11.7. The van der Waals surface area contributed by atoms with Gasteiger partial charge in [-0.1, -0.05) is 13.0 Å². The Balaban J connectivity index is 1.39. The average Bonchev–Trinajstić information content (AvgIpc) is 3.25. The molecule has 0 spiro atoms. The van der Waals surface area contributed by atoms with Crippen LogP contribution in [0.2, 0.25) is 0 Å². The molecule has 1 amide bonds. The van der Waals surface area contributed by atoms with E-state index in [1.54, 1.807) is 24.5 Å². The van der Waals surface area contributed by atoms with Gasteiger partial charge in [0.05, 0.1) is 5.52 Å². The van der Waals surface area contributed by atoms with E-state index >= 15 is 0 Å². The molecule has 2 N–H and O–H groups in total. The smallest absolute Gasteiger partial charge is 0.276 e. The summed E-state index contributed by atoms with van der Waals surface area (Å²) in [5.41, 5.74) is 5.13. The summed E-state index contributed by atoms with van der Waals surface area (Å²) >= 11 is 0. The minimum Gasteiger partial charge on any atom is -0.320 e. The van der Waals surface area contributed by atoms with Crippen LogP contribution in [-0.2, 0) is 6.54 Å². The molecule has 1 aliphatic heterocycles. The van der Waals surface area contributed by atoms with Crippen LogP contribution in [0.25, 0.3) is 22.0 Å². The number of anilines is 1. The number of amides is 1. The summed E-state index contributed by atoms with van der Waals surface area (Å²) in [5.74, 6) is 0.563. The maximum atomic E-state index is 12.8. The molecule has 0 aliphatic carbocycles. The molecular formula is C25H26N6O. The zero-order valence-corrected chi connectivity index (χ0v) is 18.1. The number of aromatic nitrogens is 4. The van der Waals surface area contributed by atoms with E-state index in [-0.39, 0.29) is 5.91 Å². The van der Waals surface area contributed by atoms with Crippen LogP contribution in [0, 0.1) is 5.92 Å². The van der Waals surface area contributed by atoms with E-state index in [1.165, 1.54) is 18.4 Å². The van der Waals surface area contributed by atoms with E-state index in [9.17, 15) is 4.79 Å². The van der Waals surface area contributed by atoms with Crippen molar-refractivity contribution in [3.8, 4) is 11.1 Å². The summed E-state index contributed by atoms with van der Waals surface area (Å²) in [7, 11) is 0. The number of fused-ring (bicyclic) bond motifs is 1. The molecule has 32 heavy (non-hydrogen) atoms. The van der Waals surface area contributed by atoms with Crippen molar-refractivity contribution < 1.29 is 4.79 Å². The van der Waals surface area contributed by atoms with Crippen LogP contribution < -0.4 is 5.32 Å². The van der Waals surface area contributed by atoms with Gasteiger partial charge in [0, 0.05) is 48.0 Å². The number of H-pyrrole nitrogens is 1. The van der Waals surface area contributed by atoms with Crippen molar-refractivity contribution in [1.29, 1.82) is 0 Å². The Morgan fingerprint density at radius 3 is 2.69 bits per heavy atom. The number of nitrogens with one attached hydrogen (secondary N) is 2. The molecule has 1 saturated heterocycles. The van der Waals surface area contributed by atoms with Crippen molar-refractivity contribution in [2.24, 2.45) is 5.92 Å². The van der Waals surface area contributed by atoms with Gasteiger partial charge in [0.1, 0.15) is 0 Å². The predicted octanol–water partition coefficient (Wildman–Crippen LogP) is 4.50. The monoisotopic (exact) mass is 426 g/mol. The fourth-order valence-corrected chi connectivity index (χ4v) is 4.20. The molecule has 4 heterocycles. The van der Waals surface area contributed by atoms with E-state index in [0.717, 1.165) is 47.6 Å². The Kier molecular flexibility index (Phi) is 5.64. The lowest BCUT2D eigenvalue weighted by Gasteiger charge is -2.30. The molecule has 1 aromatic carbocycles. The number of hydrogen-bond donors (Lipinski definition) is 2. The number of hydrogen-bond acceptors (Lipinski definition) is 5. The summed E-state index contributed by atoms with van der Waals surface area (Å²) in [4.78, 5) is 23.8. The first-order valence-electron chi connectivity index (χ1n) is 11.0. The SMILES string of the molecule is CC1CCN(Cc2cncc(-c3ccc4[nH]nc(C(=O)Nc5ccncc5)c4c3)c2)CC1. The highest BCUT2D eigenvalue weighted by Crippen LogP contribution is 2.27. The molecular weight excluding hydrogens is 400 g/mol. The van der Waals surface area contributed by atoms with Gasteiger partial charge in [-0.15, -0.1) is 0 Å². The van der Waals surface area contributed by atoms with Crippen molar-refractivity contribution in [3.05, 3.63) is 72.4 Å². The third kappa shape index (κ3) is 4.38. The van der Waals surface area contributed by atoms with Crippen LogP contribution in [0.1, 0.15) is 35.8 Å². The van der Waals surface area contributed by atoms with Gasteiger partial charge in [0.2, 0.25) is 0 Å². The minimum absolute atomic E-state index is 0.259. The molecule has 3 aromatic heterocycles. The van der Waals surface area contributed by atoms with Gasteiger partial charge < -0.3 is 5.32 Å². The zero-order chi connectivity index (χ0) is 21.9. The fourth-order valence-electron chi connectivity index (χ4n) is 4.20. The van der Waals surface area contributed by atoms with Gasteiger partial charge in [0.15, 0.2) is 5.69 Å². The third-order valence-electron chi connectivity index (χ3n) is 6.13. The maximum absolute atomic E-state index is 12.8. The van der Waals surface area contributed by atoms with Crippen LogP contribution >= 0.6 is 0 Å². The number of likely N-dealkylation sites (tertiary alicyclic amines) is 1. The summed E-state index contributed by atoms with van der Waals surface area (Å²) in [5, 5.41) is 10.9. The molecule has 0 unspecified atom stereocenters. The van der Waals surface area contributed by atoms with Crippen molar-refractivity contribution in [1.82, 2.24) is 25.1 Å². The van der Waals surface area contributed by atoms with Gasteiger partial charge in [-0.3, -0.25) is 24.8 Å². The van der Waals surface area contributed by atoms with Crippen LogP contribution in [0.5, 0.6) is 0 Å². The summed E-state index contributed by atoms with van der Waals surface area (Å²) in [6.45, 7) is 5.53. The van der Waals surface area contributed by atoms with Gasteiger partial charge in [-0.25, -0.2) is 0 Å². The van der Waals surface area contributed by atoms with Gasteiger partial charge >= 0.3 is 0 Å². The first kappa shape index (κ1) is 20.3. The number of pyridine rings is 2. The van der Waals surface area contributed by atoms with Crippen LogP contribution in [0.15, 0.2) is 61.2 Å². The molecule has 0 bridgehead atoms. The van der Waals surface area contributed by atoms with E-state index in [0.29, 0.717) is 11.4 Å². The second-order valence-corrected chi connectivity index (χ2v) is 8.56.